The van der Waals surface area contributed by atoms with Crippen molar-refractivity contribution in [3.05, 3.63) is 23.9 Å². The van der Waals surface area contributed by atoms with Gasteiger partial charge in [-0.3, -0.25) is 0 Å². The SMILES string of the molecule is CCOC(COCCI)Oc1cccc(C(=O)OC)n1. The van der Waals surface area contributed by atoms with Crippen molar-refractivity contribution in [1.82, 2.24) is 4.98 Å². The van der Waals surface area contributed by atoms with Gasteiger partial charge in [0.25, 0.3) is 0 Å². The van der Waals surface area contributed by atoms with Crippen LogP contribution in [-0.2, 0) is 14.2 Å². The number of hydrogen-bond acceptors (Lipinski definition) is 6. The summed E-state index contributed by atoms with van der Waals surface area (Å²) < 4.78 is 21.9. The summed E-state index contributed by atoms with van der Waals surface area (Å²) in [5.74, 6) is -0.214. The minimum Gasteiger partial charge on any atom is -0.464 e. The molecular formula is C13H18INO5. The molecule has 1 aromatic rings. The van der Waals surface area contributed by atoms with E-state index >= 15 is 0 Å². The molecule has 0 aliphatic carbocycles. The fourth-order valence-electron chi connectivity index (χ4n) is 1.37. The maximum Gasteiger partial charge on any atom is 0.356 e. The third kappa shape index (κ3) is 6.02. The molecule has 7 heteroatoms. The lowest BCUT2D eigenvalue weighted by Gasteiger charge is -2.18. The normalized spacial score (nSPS) is 11.9. The second-order valence-corrected chi connectivity index (χ2v) is 4.70. The number of pyridine rings is 1. The molecule has 0 radical (unpaired) electrons. The second kappa shape index (κ2) is 9.89. The number of methoxy groups -OCH3 is 1. The van der Waals surface area contributed by atoms with E-state index in [1.165, 1.54) is 7.11 Å². The van der Waals surface area contributed by atoms with Crippen LogP contribution < -0.4 is 4.74 Å². The number of halogens is 1. The molecule has 1 atom stereocenters. The number of hydrogen-bond donors (Lipinski definition) is 0. The molecule has 20 heavy (non-hydrogen) atoms. The van der Waals surface area contributed by atoms with Crippen LogP contribution in [0.5, 0.6) is 5.88 Å². The Kier molecular flexibility index (Phi) is 8.47. The largest absolute Gasteiger partial charge is 0.464 e. The van der Waals surface area contributed by atoms with Crippen molar-refractivity contribution in [2.75, 3.05) is 31.4 Å². The first-order chi connectivity index (χ1) is 9.71. The van der Waals surface area contributed by atoms with Crippen molar-refractivity contribution >= 4 is 28.6 Å². The molecule has 112 valence electrons. The molecule has 1 rings (SSSR count). The minimum atomic E-state index is -0.552. The van der Waals surface area contributed by atoms with Crippen LogP contribution in [0, 0.1) is 0 Å². The summed E-state index contributed by atoms with van der Waals surface area (Å²) in [6.07, 6.45) is -0.552. The van der Waals surface area contributed by atoms with Crippen molar-refractivity contribution in [1.29, 1.82) is 0 Å². The maximum atomic E-state index is 11.4. The Balaban J connectivity index is 2.64. The molecule has 0 aliphatic heterocycles. The van der Waals surface area contributed by atoms with Crippen molar-refractivity contribution in [3.8, 4) is 5.88 Å². The zero-order valence-electron chi connectivity index (χ0n) is 11.5. The van der Waals surface area contributed by atoms with E-state index in [-0.39, 0.29) is 5.69 Å². The van der Waals surface area contributed by atoms with E-state index in [1.54, 1.807) is 18.2 Å². The Bertz CT molecular complexity index is 416. The summed E-state index contributed by atoms with van der Waals surface area (Å²) in [6.45, 7) is 3.30. The first-order valence-corrected chi connectivity index (χ1v) is 7.71. The predicted octanol–water partition coefficient (Wildman–Crippen LogP) is 2.06. The van der Waals surface area contributed by atoms with Crippen LogP contribution in [0.3, 0.4) is 0 Å². The van der Waals surface area contributed by atoms with Gasteiger partial charge in [0, 0.05) is 17.1 Å². The van der Waals surface area contributed by atoms with Crippen LogP contribution >= 0.6 is 22.6 Å². The summed E-state index contributed by atoms with van der Waals surface area (Å²) in [5, 5.41) is 0. The van der Waals surface area contributed by atoms with Crippen molar-refractivity contribution in [2.24, 2.45) is 0 Å². The van der Waals surface area contributed by atoms with Gasteiger partial charge in [-0.25, -0.2) is 9.78 Å². The molecule has 1 heterocycles. The topological polar surface area (TPSA) is 66.9 Å². The Morgan fingerprint density at radius 3 is 2.90 bits per heavy atom. The van der Waals surface area contributed by atoms with Crippen LogP contribution in [-0.4, -0.2) is 48.6 Å². The van der Waals surface area contributed by atoms with E-state index in [4.69, 9.17) is 14.2 Å². The number of ether oxygens (including phenoxy) is 4. The standard InChI is InChI=1S/C13H18INO5/c1-3-19-12(9-18-8-7-14)20-11-6-4-5-10(15-11)13(16)17-2/h4-6,12H,3,7-9H2,1-2H3. The Hall–Kier alpha value is -0.930. The van der Waals surface area contributed by atoms with Crippen molar-refractivity contribution < 1.29 is 23.7 Å². The highest BCUT2D eigenvalue weighted by atomic mass is 127. The fourth-order valence-corrected chi connectivity index (χ4v) is 1.68. The molecule has 0 saturated heterocycles. The highest BCUT2D eigenvalue weighted by Crippen LogP contribution is 2.11. The number of nitrogens with zero attached hydrogens (tertiary/aromatic N) is 1. The highest BCUT2D eigenvalue weighted by Gasteiger charge is 2.13. The first kappa shape index (κ1) is 17.1. The molecule has 0 aromatic carbocycles. The van der Waals surface area contributed by atoms with Crippen LogP contribution in [0.1, 0.15) is 17.4 Å². The van der Waals surface area contributed by atoms with E-state index in [0.717, 1.165) is 4.43 Å². The van der Waals surface area contributed by atoms with Gasteiger partial charge in [-0.2, -0.15) is 0 Å². The van der Waals surface area contributed by atoms with Crippen molar-refractivity contribution in [3.63, 3.8) is 0 Å². The lowest BCUT2D eigenvalue weighted by Crippen LogP contribution is -2.27. The summed E-state index contributed by atoms with van der Waals surface area (Å²) >= 11 is 2.22. The molecule has 1 unspecified atom stereocenters. The van der Waals surface area contributed by atoms with Crippen LogP contribution in [0.25, 0.3) is 0 Å². The Labute approximate surface area is 131 Å². The van der Waals surface area contributed by atoms with Gasteiger partial charge in [-0.05, 0) is 13.0 Å². The van der Waals surface area contributed by atoms with E-state index < -0.39 is 12.3 Å². The summed E-state index contributed by atoms with van der Waals surface area (Å²) in [6, 6.07) is 4.88. The van der Waals surface area contributed by atoms with E-state index in [0.29, 0.717) is 25.7 Å². The third-order valence-electron chi connectivity index (χ3n) is 2.20. The van der Waals surface area contributed by atoms with Gasteiger partial charge in [0.05, 0.1) is 13.7 Å². The lowest BCUT2D eigenvalue weighted by atomic mass is 10.3. The number of carbonyl (C=O) groups is 1. The van der Waals surface area contributed by atoms with Gasteiger partial charge >= 0.3 is 5.97 Å². The maximum absolute atomic E-state index is 11.4. The number of alkyl halides is 1. The monoisotopic (exact) mass is 395 g/mol. The highest BCUT2D eigenvalue weighted by molar-refractivity contribution is 14.1. The van der Waals surface area contributed by atoms with E-state index in [2.05, 4.69) is 32.3 Å². The zero-order valence-corrected chi connectivity index (χ0v) is 13.7. The molecule has 6 nitrogen and oxygen atoms in total. The molecule has 0 bridgehead atoms. The summed E-state index contributed by atoms with van der Waals surface area (Å²) in [4.78, 5) is 15.5. The minimum absolute atomic E-state index is 0.188. The Morgan fingerprint density at radius 2 is 2.25 bits per heavy atom. The molecule has 0 fully saturated rings. The fraction of sp³-hybridized carbons (Fsp3) is 0.538. The molecule has 0 spiro atoms. The summed E-state index contributed by atoms with van der Waals surface area (Å²) in [5.41, 5.74) is 0.188. The number of carbonyl (C=O) groups excluding carboxylic acids is 1. The first-order valence-electron chi connectivity index (χ1n) is 6.18. The smallest absolute Gasteiger partial charge is 0.356 e. The predicted molar refractivity (Wildman–Crippen MR) is 81.3 cm³/mol. The average Bonchev–Trinajstić information content (AvgIpc) is 2.47. The quantitative estimate of drug-likeness (QED) is 0.210. The average molecular weight is 395 g/mol. The van der Waals surface area contributed by atoms with Crippen LogP contribution in [0.2, 0.25) is 0 Å². The van der Waals surface area contributed by atoms with Gasteiger partial charge in [-0.15, -0.1) is 0 Å². The summed E-state index contributed by atoms with van der Waals surface area (Å²) in [7, 11) is 1.30. The molecule has 0 amide bonds. The zero-order chi connectivity index (χ0) is 14.8. The van der Waals surface area contributed by atoms with Gasteiger partial charge in [-0.1, -0.05) is 28.7 Å². The van der Waals surface area contributed by atoms with Crippen LogP contribution in [0.4, 0.5) is 0 Å². The van der Waals surface area contributed by atoms with Gasteiger partial charge in [0.1, 0.15) is 6.61 Å². The third-order valence-corrected chi connectivity index (χ3v) is 2.64. The molecular weight excluding hydrogens is 377 g/mol. The van der Waals surface area contributed by atoms with E-state index in [1.807, 2.05) is 6.92 Å². The van der Waals surface area contributed by atoms with E-state index in [9.17, 15) is 4.79 Å². The number of esters is 1. The van der Waals surface area contributed by atoms with Crippen molar-refractivity contribution in [2.45, 2.75) is 13.2 Å². The van der Waals surface area contributed by atoms with Gasteiger partial charge in [0.2, 0.25) is 12.2 Å². The molecule has 1 aromatic heterocycles. The molecule has 0 aliphatic rings. The van der Waals surface area contributed by atoms with Gasteiger partial charge in [0.15, 0.2) is 5.69 Å². The molecule has 0 saturated carbocycles. The second-order valence-electron chi connectivity index (χ2n) is 3.62. The van der Waals surface area contributed by atoms with Crippen LogP contribution in [0.15, 0.2) is 18.2 Å². The molecule has 0 N–H and O–H groups in total. The number of aromatic nitrogens is 1. The number of rotatable bonds is 9. The lowest BCUT2D eigenvalue weighted by molar-refractivity contribution is -0.118. The van der Waals surface area contributed by atoms with Gasteiger partial charge < -0.3 is 18.9 Å². The Morgan fingerprint density at radius 1 is 1.45 bits per heavy atom.